The Labute approximate surface area is 109 Å². The Hall–Kier alpha value is -1.39. The number of hydrogen-bond acceptors (Lipinski definition) is 2. The molecule has 5 heteroatoms. The third-order valence-corrected chi connectivity index (χ3v) is 3.16. The van der Waals surface area contributed by atoms with Gasteiger partial charge in [0.25, 0.3) is 5.91 Å². The van der Waals surface area contributed by atoms with Crippen molar-refractivity contribution < 1.29 is 4.79 Å². The SMILES string of the molecule is CSc1cccc(NC(=O)c2cc(Cl)c[nH]2)c1. The third kappa shape index (κ3) is 3.05. The maximum atomic E-state index is 11.8. The normalized spacial score (nSPS) is 10.2. The first kappa shape index (κ1) is 12.1. The minimum Gasteiger partial charge on any atom is -0.356 e. The third-order valence-electron chi connectivity index (χ3n) is 2.22. The van der Waals surface area contributed by atoms with Crippen molar-refractivity contribution in [3.05, 3.63) is 47.2 Å². The number of thioether (sulfide) groups is 1. The molecule has 17 heavy (non-hydrogen) atoms. The minimum atomic E-state index is -0.199. The van der Waals surface area contributed by atoms with Crippen LogP contribution in [-0.2, 0) is 0 Å². The van der Waals surface area contributed by atoms with Crippen LogP contribution in [0, 0.1) is 0 Å². The molecule has 1 amide bonds. The van der Waals surface area contributed by atoms with Gasteiger partial charge in [0.15, 0.2) is 0 Å². The second-order valence-electron chi connectivity index (χ2n) is 3.42. The minimum absolute atomic E-state index is 0.199. The van der Waals surface area contributed by atoms with Gasteiger partial charge in [-0.2, -0.15) is 0 Å². The van der Waals surface area contributed by atoms with E-state index in [4.69, 9.17) is 11.6 Å². The van der Waals surface area contributed by atoms with Crippen molar-refractivity contribution in [1.82, 2.24) is 4.98 Å². The predicted molar refractivity (Wildman–Crippen MR) is 72.0 cm³/mol. The molecule has 0 saturated heterocycles. The molecule has 0 atom stereocenters. The van der Waals surface area contributed by atoms with Crippen LogP contribution in [0.5, 0.6) is 0 Å². The van der Waals surface area contributed by atoms with Crippen LogP contribution >= 0.6 is 23.4 Å². The molecule has 88 valence electrons. The van der Waals surface area contributed by atoms with Gasteiger partial charge in [-0.3, -0.25) is 4.79 Å². The lowest BCUT2D eigenvalue weighted by molar-refractivity contribution is 0.102. The number of anilines is 1. The number of carbonyl (C=O) groups is 1. The van der Waals surface area contributed by atoms with Gasteiger partial charge in [-0.05, 0) is 30.5 Å². The van der Waals surface area contributed by atoms with E-state index in [1.807, 2.05) is 30.5 Å². The Kier molecular flexibility index (Phi) is 3.76. The van der Waals surface area contributed by atoms with Crippen molar-refractivity contribution in [3.8, 4) is 0 Å². The number of benzene rings is 1. The summed E-state index contributed by atoms with van der Waals surface area (Å²) in [5.41, 5.74) is 1.22. The lowest BCUT2D eigenvalue weighted by Crippen LogP contribution is -2.12. The van der Waals surface area contributed by atoms with Gasteiger partial charge in [0.2, 0.25) is 0 Å². The number of H-pyrrole nitrogens is 1. The number of halogens is 1. The van der Waals surface area contributed by atoms with Gasteiger partial charge in [0.1, 0.15) is 5.69 Å². The maximum absolute atomic E-state index is 11.8. The highest BCUT2D eigenvalue weighted by Crippen LogP contribution is 2.19. The van der Waals surface area contributed by atoms with Crippen LogP contribution in [0.25, 0.3) is 0 Å². The van der Waals surface area contributed by atoms with E-state index in [2.05, 4.69) is 10.3 Å². The monoisotopic (exact) mass is 266 g/mol. The zero-order chi connectivity index (χ0) is 12.3. The molecule has 0 unspecified atom stereocenters. The number of hydrogen-bond donors (Lipinski definition) is 2. The van der Waals surface area contributed by atoms with E-state index >= 15 is 0 Å². The highest BCUT2D eigenvalue weighted by molar-refractivity contribution is 7.98. The topological polar surface area (TPSA) is 44.9 Å². The van der Waals surface area contributed by atoms with Gasteiger partial charge < -0.3 is 10.3 Å². The molecule has 1 aromatic heterocycles. The van der Waals surface area contributed by atoms with Gasteiger partial charge >= 0.3 is 0 Å². The number of amides is 1. The largest absolute Gasteiger partial charge is 0.356 e. The molecule has 0 fully saturated rings. The summed E-state index contributed by atoms with van der Waals surface area (Å²) in [4.78, 5) is 15.7. The summed E-state index contributed by atoms with van der Waals surface area (Å²) < 4.78 is 0. The zero-order valence-electron chi connectivity index (χ0n) is 9.16. The maximum Gasteiger partial charge on any atom is 0.272 e. The predicted octanol–water partition coefficient (Wildman–Crippen LogP) is 3.64. The fourth-order valence-corrected chi connectivity index (χ4v) is 2.02. The Bertz CT molecular complexity index is 539. The fourth-order valence-electron chi connectivity index (χ4n) is 1.40. The van der Waals surface area contributed by atoms with Gasteiger partial charge in [-0.15, -0.1) is 11.8 Å². The highest BCUT2D eigenvalue weighted by atomic mass is 35.5. The van der Waals surface area contributed by atoms with Gasteiger partial charge in [-0.1, -0.05) is 17.7 Å². The van der Waals surface area contributed by atoms with Crippen LogP contribution in [0.4, 0.5) is 5.69 Å². The van der Waals surface area contributed by atoms with E-state index in [0.717, 1.165) is 10.6 Å². The molecule has 3 nitrogen and oxygen atoms in total. The molecule has 0 bridgehead atoms. The van der Waals surface area contributed by atoms with Crippen molar-refractivity contribution in [1.29, 1.82) is 0 Å². The van der Waals surface area contributed by atoms with Gasteiger partial charge in [-0.25, -0.2) is 0 Å². The Morgan fingerprint density at radius 2 is 2.24 bits per heavy atom. The lowest BCUT2D eigenvalue weighted by Gasteiger charge is -2.05. The number of carbonyl (C=O) groups excluding carboxylic acids is 1. The van der Waals surface area contributed by atoms with Crippen LogP contribution in [0.15, 0.2) is 41.4 Å². The smallest absolute Gasteiger partial charge is 0.272 e. The van der Waals surface area contributed by atoms with Crippen molar-refractivity contribution in [3.63, 3.8) is 0 Å². The van der Waals surface area contributed by atoms with E-state index in [1.54, 1.807) is 24.0 Å². The Morgan fingerprint density at radius 1 is 1.41 bits per heavy atom. The van der Waals surface area contributed by atoms with Gasteiger partial charge in [0.05, 0.1) is 5.02 Å². The van der Waals surface area contributed by atoms with E-state index in [-0.39, 0.29) is 5.91 Å². The average molecular weight is 267 g/mol. The molecule has 1 heterocycles. The summed E-state index contributed by atoms with van der Waals surface area (Å²) in [5, 5.41) is 3.33. The number of nitrogens with one attached hydrogen (secondary N) is 2. The molecule has 0 aliphatic carbocycles. The van der Waals surface area contributed by atoms with E-state index < -0.39 is 0 Å². The second-order valence-corrected chi connectivity index (χ2v) is 4.73. The van der Waals surface area contributed by atoms with Crippen molar-refractivity contribution in [2.24, 2.45) is 0 Å². The molecular weight excluding hydrogens is 256 g/mol. The summed E-state index contributed by atoms with van der Waals surface area (Å²) in [7, 11) is 0. The average Bonchev–Trinajstić information content (AvgIpc) is 2.76. The number of aromatic amines is 1. The summed E-state index contributed by atoms with van der Waals surface area (Å²) in [6.45, 7) is 0. The second kappa shape index (κ2) is 5.29. The first-order valence-electron chi connectivity index (χ1n) is 4.98. The quantitative estimate of drug-likeness (QED) is 0.833. The molecule has 2 N–H and O–H groups in total. The molecule has 0 saturated carbocycles. The molecule has 0 radical (unpaired) electrons. The first-order chi connectivity index (χ1) is 8.19. The molecule has 1 aromatic carbocycles. The van der Waals surface area contributed by atoms with Crippen LogP contribution in [0.1, 0.15) is 10.5 Å². The van der Waals surface area contributed by atoms with Crippen molar-refractivity contribution >= 4 is 35.0 Å². The summed E-state index contributed by atoms with van der Waals surface area (Å²) in [6.07, 6.45) is 3.57. The number of aromatic nitrogens is 1. The molecule has 2 rings (SSSR count). The highest BCUT2D eigenvalue weighted by Gasteiger charge is 2.08. The van der Waals surface area contributed by atoms with E-state index in [1.165, 1.54) is 0 Å². The molecule has 0 aliphatic rings. The van der Waals surface area contributed by atoms with Crippen molar-refractivity contribution in [2.45, 2.75) is 4.90 Å². The standard InChI is InChI=1S/C12H11ClN2OS/c1-17-10-4-2-3-9(6-10)15-12(16)11-5-8(13)7-14-11/h2-7,14H,1H3,(H,15,16). The summed E-state index contributed by atoms with van der Waals surface area (Å²) in [6, 6.07) is 9.26. The van der Waals surface area contributed by atoms with E-state index in [0.29, 0.717) is 10.7 Å². The molecule has 2 aromatic rings. The summed E-state index contributed by atoms with van der Waals surface area (Å²) in [5.74, 6) is -0.199. The lowest BCUT2D eigenvalue weighted by atomic mass is 10.3. The van der Waals surface area contributed by atoms with Crippen LogP contribution in [0.2, 0.25) is 5.02 Å². The molecule has 0 aliphatic heterocycles. The summed E-state index contributed by atoms with van der Waals surface area (Å²) >= 11 is 7.37. The molecule has 0 spiro atoms. The number of rotatable bonds is 3. The van der Waals surface area contributed by atoms with Crippen LogP contribution < -0.4 is 5.32 Å². The van der Waals surface area contributed by atoms with E-state index in [9.17, 15) is 4.79 Å². The van der Waals surface area contributed by atoms with Crippen LogP contribution in [0.3, 0.4) is 0 Å². The fraction of sp³-hybridized carbons (Fsp3) is 0.0833. The Morgan fingerprint density at radius 3 is 2.88 bits per heavy atom. The zero-order valence-corrected chi connectivity index (χ0v) is 10.7. The van der Waals surface area contributed by atoms with Crippen molar-refractivity contribution in [2.75, 3.05) is 11.6 Å². The van der Waals surface area contributed by atoms with Crippen LogP contribution in [-0.4, -0.2) is 17.1 Å². The van der Waals surface area contributed by atoms with Gasteiger partial charge in [0, 0.05) is 16.8 Å². The first-order valence-corrected chi connectivity index (χ1v) is 6.58. The Balaban J connectivity index is 2.12. The molecular formula is C12H11ClN2OS.